The molecule has 0 aliphatic rings. The first kappa shape index (κ1) is 15.2. The number of carbonyl (C=O) groups is 1. The summed E-state index contributed by atoms with van der Waals surface area (Å²) in [6.07, 6.45) is 0. The van der Waals surface area contributed by atoms with Crippen molar-refractivity contribution in [1.29, 1.82) is 0 Å². The Morgan fingerprint density at radius 2 is 2.05 bits per heavy atom. The summed E-state index contributed by atoms with van der Waals surface area (Å²) in [7, 11) is 0. The van der Waals surface area contributed by atoms with Gasteiger partial charge in [-0.3, -0.25) is 4.79 Å². The lowest BCUT2D eigenvalue weighted by Crippen LogP contribution is -2.38. The summed E-state index contributed by atoms with van der Waals surface area (Å²) in [5, 5.41) is 12.6. The van der Waals surface area contributed by atoms with Crippen LogP contribution >= 0.6 is 0 Å². The van der Waals surface area contributed by atoms with E-state index in [4.69, 9.17) is 4.42 Å². The minimum atomic E-state index is -1.45. The highest BCUT2D eigenvalue weighted by atomic mass is 19.1. The lowest BCUT2D eigenvalue weighted by Gasteiger charge is -2.21. The van der Waals surface area contributed by atoms with Gasteiger partial charge in [-0.15, -0.1) is 0 Å². The molecule has 6 heteroatoms. The average Bonchev–Trinajstić information content (AvgIpc) is 2.86. The van der Waals surface area contributed by atoms with Gasteiger partial charge in [-0.1, -0.05) is 0 Å². The molecule has 0 saturated carbocycles. The number of furan rings is 1. The zero-order valence-electron chi connectivity index (χ0n) is 11.6. The molecule has 0 aliphatic carbocycles. The summed E-state index contributed by atoms with van der Waals surface area (Å²) in [5.74, 6) is -1.46. The summed E-state index contributed by atoms with van der Waals surface area (Å²) in [6.45, 7) is 2.97. The van der Waals surface area contributed by atoms with Crippen LogP contribution in [-0.2, 0) is 5.60 Å². The van der Waals surface area contributed by atoms with Gasteiger partial charge >= 0.3 is 0 Å². The standard InChI is InChI=1S/C15H15F2NO3/c1-9-3-6-13(21-9)15(2,20)8-18-14(19)11-7-10(16)4-5-12(11)17/h3-7,20H,8H2,1-2H3,(H,18,19). The van der Waals surface area contributed by atoms with Gasteiger partial charge in [-0.05, 0) is 44.2 Å². The van der Waals surface area contributed by atoms with Crippen LogP contribution in [0, 0.1) is 18.6 Å². The smallest absolute Gasteiger partial charge is 0.254 e. The van der Waals surface area contributed by atoms with Crippen LogP contribution in [0.15, 0.2) is 34.7 Å². The molecule has 0 saturated heterocycles. The molecule has 1 amide bonds. The third-order valence-corrected chi connectivity index (χ3v) is 3.04. The van der Waals surface area contributed by atoms with Gasteiger partial charge in [0, 0.05) is 0 Å². The van der Waals surface area contributed by atoms with Crippen LogP contribution in [0.25, 0.3) is 0 Å². The van der Waals surface area contributed by atoms with E-state index in [9.17, 15) is 18.7 Å². The number of halogens is 2. The van der Waals surface area contributed by atoms with Gasteiger partial charge in [0.15, 0.2) is 0 Å². The number of amides is 1. The summed E-state index contributed by atoms with van der Waals surface area (Å²) >= 11 is 0. The number of carbonyl (C=O) groups excluding carboxylic acids is 1. The molecule has 112 valence electrons. The lowest BCUT2D eigenvalue weighted by molar-refractivity contribution is 0.0322. The maximum atomic E-state index is 13.5. The summed E-state index contributed by atoms with van der Waals surface area (Å²) in [4.78, 5) is 11.8. The van der Waals surface area contributed by atoms with Crippen LogP contribution in [0.4, 0.5) is 8.78 Å². The van der Waals surface area contributed by atoms with E-state index >= 15 is 0 Å². The number of hydrogen-bond acceptors (Lipinski definition) is 3. The van der Waals surface area contributed by atoms with Crippen LogP contribution in [0.2, 0.25) is 0 Å². The van der Waals surface area contributed by atoms with Crippen LogP contribution < -0.4 is 5.32 Å². The summed E-state index contributed by atoms with van der Waals surface area (Å²) in [6, 6.07) is 5.87. The van der Waals surface area contributed by atoms with E-state index in [1.165, 1.54) is 6.92 Å². The van der Waals surface area contributed by atoms with Gasteiger partial charge in [-0.25, -0.2) is 8.78 Å². The molecule has 0 aliphatic heterocycles. The van der Waals surface area contributed by atoms with Gasteiger partial charge in [0.05, 0.1) is 12.1 Å². The van der Waals surface area contributed by atoms with E-state index in [-0.39, 0.29) is 12.3 Å². The lowest BCUT2D eigenvalue weighted by atomic mass is 10.0. The predicted molar refractivity (Wildman–Crippen MR) is 71.7 cm³/mol. The molecule has 21 heavy (non-hydrogen) atoms. The van der Waals surface area contributed by atoms with E-state index < -0.39 is 28.7 Å². The Labute approximate surface area is 120 Å². The summed E-state index contributed by atoms with van der Waals surface area (Å²) in [5.41, 5.74) is -1.87. The van der Waals surface area contributed by atoms with Crippen molar-refractivity contribution in [1.82, 2.24) is 5.32 Å². The predicted octanol–water partition coefficient (Wildman–Crippen LogP) is 2.50. The van der Waals surface area contributed by atoms with Gasteiger partial charge in [0.25, 0.3) is 5.91 Å². The Balaban J connectivity index is 2.08. The van der Waals surface area contributed by atoms with Crippen molar-refractivity contribution < 1.29 is 23.1 Å². The van der Waals surface area contributed by atoms with Gasteiger partial charge in [0.1, 0.15) is 28.8 Å². The number of nitrogens with one attached hydrogen (secondary N) is 1. The number of benzene rings is 1. The van der Waals surface area contributed by atoms with E-state index in [0.29, 0.717) is 5.76 Å². The molecule has 1 unspecified atom stereocenters. The fourth-order valence-corrected chi connectivity index (χ4v) is 1.83. The molecule has 0 bridgehead atoms. The van der Waals surface area contributed by atoms with Crippen molar-refractivity contribution in [2.75, 3.05) is 6.54 Å². The molecule has 0 spiro atoms. The number of rotatable bonds is 4. The highest BCUT2D eigenvalue weighted by Crippen LogP contribution is 2.22. The Bertz CT molecular complexity index is 665. The van der Waals surface area contributed by atoms with Crippen molar-refractivity contribution in [3.05, 3.63) is 59.1 Å². The Morgan fingerprint density at radius 3 is 2.67 bits per heavy atom. The first-order valence-corrected chi connectivity index (χ1v) is 6.32. The number of aliphatic hydroxyl groups is 1. The molecule has 2 N–H and O–H groups in total. The van der Waals surface area contributed by atoms with Crippen LogP contribution in [0.3, 0.4) is 0 Å². The van der Waals surface area contributed by atoms with Gasteiger partial charge in [-0.2, -0.15) is 0 Å². The zero-order chi connectivity index (χ0) is 15.6. The molecular weight excluding hydrogens is 280 g/mol. The highest BCUT2D eigenvalue weighted by molar-refractivity contribution is 5.94. The number of aryl methyl sites for hydroxylation is 1. The monoisotopic (exact) mass is 295 g/mol. The minimum absolute atomic E-state index is 0.200. The van der Waals surface area contributed by atoms with Crippen molar-refractivity contribution in [3.8, 4) is 0 Å². The second-order valence-electron chi connectivity index (χ2n) is 4.99. The molecule has 1 heterocycles. The second kappa shape index (κ2) is 5.65. The van der Waals surface area contributed by atoms with E-state index in [1.807, 2.05) is 0 Å². The molecular formula is C15H15F2NO3. The highest BCUT2D eigenvalue weighted by Gasteiger charge is 2.28. The zero-order valence-corrected chi connectivity index (χ0v) is 11.6. The molecule has 2 aromatic rings. The van der Waals surface area contributed by atoms with Crippen LogP contribution in [0.1, 0.15) is 28.8 Å². The van der Waals surface area contributed by atoms with Crippen molar-refractivity contribution in [2.24, 2.45) is 0 Å². The van der Waals surface area contributed by atoms with Gasteiger partial charge < -0.3 is 14.8 Å². The first-order chi connectivity index (χ1) is 9.79. The molecule has 4 nitrogen and oxygen atoms in total. The van der Waals surface area contributed by atoms with E-state index in [0.717, 1.165) is 18.2 Å². The molecule has 0 fully saturated rings. The largest absolute Gasteiger partial charge is 0.463 e. The molecule has 1 aromatic carbocycles. The van der Waals surface area contributed by atoms with Crippen LogP contribution in [-0.4, -0.2) is 17.6 Å². The molecule has 0 radical (unpaired) electrons. The minimum Gasteiger partial charge on any atom is -0.463 e. The second-order valence-corrected chi connectivity index (χ2v) is 4.99. The molecule has 2 rings (SSSR count). The van der Waals surface area contributed by atoms with Crippen molar-refractivity contribution in [3.63, 3.8) is 0 Å². The van der Waals surface area contributed by atoms with Gasteiger partial charge in [0.2, 0.25) is 0 Å². The van der Waals surface area contributed by atoms with E-state index in [2.05, 4.69) is 5.32 Å². The summed E-state index contributed by atoms with van der Waals surface area (Å²) < 4.78 is 31.8. The first-order valence-electron chi connectivity index (χ1n) is 6.32. The molecule has 1 aromatic heterocycles. The maximum Gasteiger partial charge on any atom is 0.254 e. The maximum absolute atomic E-state index is 13.5. The topological polar surface area (TPSA) is 62.5 Å². The van der Waals surface area contributed by atoms with Crippen molar-refractivity contribution >= 4 is 5.91 Å². The third kappa shape index (κ3) is 3.46. The average molecular weight is 295 g/mol. The fraction of sp³-hybridized carbons (Fsp3) is 0.267. The normalized spacial score (nSPS) is 13.8. The Morgan fingerprint density at radius 1 is 1.33 bits per heavy atom. The Hall–Kier alpha value is -2.21. The van der Waals surface area contributed by atoms with Crippen molar-refractivity contribution in [2.45, 2.75) is 19.4 Å². The van der Waals surface area contributed by atoms with Crippen LogP contribution in [0.5, 0.6) is 0 Å². The number of hydrogen-bond donors (Lipinski definition) is 2. The Kier molecular flexibility index (Phi) is 4.09. The SMILES string of the molecule is Cc1ccc(C(C)(O)CNC(=O)c2cc(F)ccc2F)o1. The quantitative estimate of drug-likeness (QED) is 0.911. The molecule has 1 atom stereocenters. The fourth-order valence-electron chi connectivity index (χ4n) is 1.83. The van der Waals surface area contributed by atoms with E-state index in [1.54, 1.807) is 19.1 Å². The third-order valence-electron chi connectivity index (χ3n) is 3.04.